The molecule has 0 bridgehead atoms. The van der Waals surface area contributed by atoms with Crippen LogP contribution in [-0.4, -0.2) is 19.9 Å². The van der Waals surface area contributed by atoms with Gasteiger partial charge in [-0.1, -0.05) is 30.9 Å². The van der Waals surface area contributed by atoms with Gasteiger partial charge >= 0.3 is 0 Å². The number of allylic oxidation sites excluding steroid dienone is 2. The van der Waals surface area contributed by atoms with E-state index >= 15 is 0 Å². The lowest BCUT2D eigenvalue weighted by atomic mass is 10.3. The van der Waals surface area contributed by atoms with E-state index < -0.39 is 0 Å². The Balaban J connectivity index is 1.69. The van der Waals surface area contributed by atoms with Crippen molar-refractivity contribution in [3.63, 3.8) is 0 Å². The number of furan rings is 1. The Labute approximate surface area is 138 Å². The van der Waals surface area contributed by atoms with Gasteiger partial charge in [0.2, 0.25) is 0 Å². The molecule has 0 fully saturated rings. The van der Waals surface area contributed by atoms with E-state index in [1.54, 1.807) is 6.08 Å². The fraction of sp³-hybridized carbons (Fsp3) is 0.0526. The summed E-state index contributed by atoms with van der Waals surface area (Å²) in [7, 11) is 0. The Morgan fingerprint density at radius 3 is 2.50 bits per heavy atom. The molecule has 3 heterocycles. The molecule has 1 aromatic carbocycles. The van der Waals surface area contributed by atoms with Crippen LogP contribution in [0.2, 0.25) is 0 Å². The second-order valence-electron chi connectivity index (χ2n) is 5.46. The zero-order valence-electron chi connectivity index (χ0n) is 13.2. The number of nitrogens with one attached hydrogen (secondary N) is 2. The molecule has 5 nitrogen and oxygen atoms in total. The van der Waals surface area contributed by atoms with Gasteiger partial charge in [-0.3, -0.25) is 0 Å². The van der Waals surface area contributed by atoms with Crippen LogP contribution in [0, 0.1) is 6.92 Å². The molecule has 0 saturated carbocycles. The summed E-state index contributed by atoms with van der Waals surface area (Å²) >= 11 is 0. The number of H-pyrrole nitrogens is 2. The molecule has 4 aromatic rings. The highest BCUT2D eigenvalue weighted by molar-refractivity contribution is 5.78. The van der Waals surface area contributed by atoms with Gasteiger partial charge in [0.25, 0.3) is 0 Å². The van der Waals surface area contributed by atoms with Crippen molar-refractivity contribution < 1.29 is 4.42 Å². The highest BCUT2D eigenvalue weighted by Crippen LogP contribution is 2.27. The van der Waals surface area contributed by atoms with Crippen molar-refractivity contribution in [3.05, 3.63) is 66.5 Å². The topological polar surface area (TPSA) is 70.5 Å². The van der Waals surface area contributed by atoms with Crippen molar-refractivity contribution in [2.45, 2.75) is 6.92 Å². The molecule has 0 aliphatic carbocycles. The Hall–Kier alpha value is -3.34. The van der Waals surface area contributed by atoms with Crippen LogP contribution < -0.4 is 0 Å². The minimum absolute atomic E-state index is 0.673. The average molecular weight is 316 g/mol. The van der Waals surface area contributed by atoms with Crippen LogP contribution in [0.4, 0.5) is 0 Å². The quantitative estimate of drug-likeness (QED) is 0.535. The molecule has 0 aliphatic heterocycles. The zero-order chi connectivity index (χ0) is 16.5. The summed E-state index contributed by atoms with van der Waals surface area (Å²) in [6.45, 7) is 5.65. The third-order valence-electron chi connectivity index (χ3n) is 3.77. The molecule has 24 heavy (non-hydrogen) atoms. The second kappa shape index (κ2) is 5.70. The standard InChI is InChI=1S/C19H16N4O/c1-3-4-7-13-12(2)20-18(21-13)16-10-11-17(24-16)19-22-14-8-5-6-9-15(14)23-19/h3-11H,1H2,2H3,(H,20,21)(H,22,23)/b7-4-. The van der Waals surface area contributed by atoms with Gasteiger partial charge in [-0.05, 0) is 37.3 Å². The lowest BCUT2D eigenvalue weighted by Crippen LogP contribution is -1.77. The largest absolute Gasteiger partial charge is 0.450 e. The van der Waals surface area contributed by atoms with Gasteiger partial charge in [0.05, 0.1) is 16.7 Å². The molecule has 5 heteroatoms. The minimum atomic E-state index is 0.673. The Morgan fingerprint density at radius 2 is 1.75 bits per heavy atom. The lowest BCUT2D eigenvalue weighted by Gasteiger charge is -1.91. The van der Waals surface area contributed by atoms with Crippen molar-refractivity contribution >= 4 is 17.1 Å². The van der Waals surface area contributed by atoms with Crippen molar-refractivity contribution in [1.29, 1.82) is 0 Å². The number of fused-ring (bicyclic) bond motifs is 1. The fourth-order valence-electron chi connectivity index (χ4n) is 2.57. The van der Waals surface area contributed by atoms with Gasteiger partial charge in [0, 0.05) is 5.69 Å². The predicted molar refractivity (Wildman–Crippen MR) is 95.3 cm³/mol. The summed E-state index contributed by atoms with van der Waals surface area (Å²) < 4.78 is 5.93. The van der Waals surface area contributed by atoms with Gasteiger partial charge in [-0.2, -0.15) is 0 Å². The molecule has 0 radical (unpaired) electrons. The number of aromatic nitrogens is 4. The van der Waals surface area contributed by atoms with Crippen molar-refractivity contribution in [1.82, 2.24) is 19.9 Å². The van der Waals surface area contributed by atoms with E-state index in [4.69, 9.17) is 4.42 Å². The third kappa shape index (κ3) is 2.46. The summed E-state index contributed by atoms with van der Waals surface area (Å²) in [5.41, 5.74) is 3.74. The highest BCUT2D eigenvalue weighted by Gasteiger charge is 2.13. The molecule has 0 aliphatic rings. The fourth-order valence-corrected chi connectivity index (χ4v) is 2.57. The summed E-state index contributed by atoms with van der Waals surface area (Å²) in [5.74, 6) is 2.75. The summed E-state index contributed by atoms with van der Waals surface area (Å²) in [6.07, 6.45) is 5.49. The zero-order valence-corrected chi connectivity index (χ0v) is 13.2. The van der Waals surface area contributed by atoms with E-state index in [2.05, 4.69) is 26.5 Å². The first kappa shape index (κ1) is 14.3. The van der Waals surface area contributed by atoms with E-state index in [9.17, 15) is 0 Å². The molecule has 118 valence electrons. The smallest absolute Gasteiger partial charge is 0.174 e. The maximum absolute atomic E-state index is 5.93. The number of rotatable bonds is 4. The molecular formula is C19H16N4O. The van der Waals surface area contributed by atoms with Crippen molar-refractivity contribution in [2.75, 3.05) is 0 Å². The summed E-state index contributed by atoms with van der Waals surface area (Å²) in [4.78, 5) is 15.6. The monoisotopic (exact) mass is 316 g/mol. The van der Waals surface area contributed by atoms with Crippen LogP contribution in [0.15, 0.2) is 59.5 Å². The van der Waals surface area contributed by atoms with Crippen LogP contribution in [0.3, 0.4) is 0 Å². The molecule has 0 saturated heterocycles. The molecular weight excluding hydrogens is 300 g/mol. The van der Waals surface area contributed by atoms with Crippen LogP contribution in [0.1, 0.15) is 11.4 Å². The van der Waals surface area contributed by atoms with Crippen LogP contribution in [0.25, 0.3) is 40.3 Å². The highest BCUT2D eigenvalue weighted by atomic mass is 16.3. The molecule has 0 atom stereocenters. The Bertz CT molecular complexity index is 1020. The van der Waals surface area contributed by atoms with Gasteiger partial charge in [-0.15, -0.1) is 0 Å². The number of aromatic amines is 2. The average Bonchev–Trinajstić information content (AvgIpc) is 3.30. The van der Waals surface area contributed by atoms with E-state index in [-0.39, 0.29) is 0 Å². The molecule has 0 unspecified atom stereocenters. The molecule has 4 rings (SSSR count). The first-order chi connectivity index (χ1) is 11.7. The van der Waals surface area contributed by atoms with E-state index in [0.29, 0.717) is 23.2 Å². The molecule has 0 amide bonds. The van der Waals surface area contributed by atoms with Crippen LogP contribution >= 0.6 is 0 Å². The number of nitrogens with zero attached hydrogens (tertiary/aromatic N) is 2. The normalized spacial score (nSPS) is 11.5. The SMILES string of the molecule is C=C/C=C\c1nc(-c2ccc(-c3nc4ccccc4[nH]3)o2)[nH]c1C. The van der Waals surface area contributed by atoms with Gasteiger partial charge in [-0.25, -0.2) is 9.97 Å². The second-order valence-corrected chi connectivity index (χ2v) is 5.46. The molecule has 3 aromatic heterocycles. The van der Waals surface area contributed by atoms with Crippen molar-refractivity contribution in [3.8, 4) is 23.2 Å². The summed E-state index contributed by atoms with van der Waals surface area (Å²) in [6, 6.07) is 11.7. The number of imidazole rings is 2. The first-order valence-corrected chi connectivity index (χ1v) is 7.65. The predicted octanol–water partition coefficient (Wildman–Crippen LogP) is 4.72. The van der Waals surface area contributed by atoms with Crippen LogP contribution in [-0.2, 0) is 0 Å². The Morgan fingerprint density at radius 1 is 1.00 bits per heavy atom. The van der Waals surface area contributed by atoms with Crippen LogP contribution in [0.5, 0.6) is 0 Å². The maximum Gasteiger partial charge on any atom is 0.174 e. The lowest BCUT2D eigenvalue weighted by molar-refractivity contribution is 0.589. The van der Waals surface area contributed by atoms with E-state index in [1.165, 1.54) is 0 Å². The molecule has 0 spiro atoms. The van der Waals surface area contributed by atoms with Crippen molar-refractivity contribution in [2.24, 2.45) is 0 Å². The number of hydrogen-bond acceptors (Lipinski definition) is 3. The van der Waals surface area contributed by atoms with E-state index in [0.717, 1.165) is 22.4 Å². The summed E-state index contributed by atoms with van der Waals surface area (Å²) in [5, 5.41) is 0. The van der Waals surface area contributed by atoms with Gasteiger partial charge < -0.3 is 14.4 Å². The minimum Gasteiger partial charge on any atom is -0.450 e. The number of benzene rings is 1. The Kier molecular flexibility index (Phi) is 3.39. The van der Waals surface area contributed by atoms with Gasteiger partial charge in [0.15, 0.2) is 23.2 Å². The third-order valence-corrected chi connectivity index (χ3v) is 3.77. The number of para-hydroxylation sites is 2. The first-order valence-electron chi connectivity index (χ1n) is 7.65. The molecule has 2 N–H and O–H groups in total. The maximum atomic E-state index is 5.93. The van der Waals surface area contributed by atoms with Gasteiger partial charge in [0.1, 0.15) is 0 Å². The van der Waals surface area contributed by atoms with E-state index in [1.807, 2.05) is 55.5 Å². The number of aryl methyl sites for hydroxylation is 1. The number of hydrogen-bond donors (Lipinski definition) is 2.